The fraction of sp³-hybridized carbons (Fsp3) is 1.00. The van der Waals surface area contributed by atoms with Gasteiger partial charge in [-0.3, -0.25) is 0 Å². The predicted molar refractivity (Wildman–Crippen MR) is 61.3 cm³/mol. The van der Waals surface area contributed by atoms with Crippen molar-refractivity contribution >= 4 is 9.84 Å². The molecule has 0 spiro atoms. The standard InChI is InChI=1S/C10H23NO2S/c1-4-10(11-5-2)8-7-9-14(12,13)6-3/h10-11H,4-9H2,1-3H3. The van der Waals surface area contributed by atoms with Gasteiger partial charge in [0.15, 0.2) is 0 Å². The molecule has 3 nitrogen and oxygen atoms in total. The maximum Gasteiger partial charge on any atom is 0.150 e. The molecule has 0 aromatic carbocycles. The van der Waals surface area contributed by atoms with Crippen LogP contribution in [0.1, 0.15) is 40.0 Å². The minimum absolute atomic E-state index is 0.269. The molecule has 0 aromatic rings. The van der Waals surface area contributed by atoms with Crippen LogP contribution in [0.2, 0.25) is 0 Å². The van der Waals surface area contributed by atoms with E-state index >= 15 is 0 Å². The Kier molecular flexibility index (Phi) is 7.19. The van der Waals surface area contributed by atoms with Gasteiger partial charge in [-0.15, -0.1) is 0 Å². The zero-order chi connectivity index (χ0) is 11.0. The molecule has 0 aliphatic rings. The monoisotopic (exact) mass is 221 g/mol. The van der Waals surface area contributed by atoms with Gasteiger partial charge in [0.25, 0.3) is 0 Å². The van der Waals surface area contributed by atoms with Crippen LogP contribution in [-0.4, -0.2) is 32.5 Å². The quantitative estimate of drug-likeness (QED) is 0.677. The van der Waals surface area contributed by atoms with E-state index in [-0.39, 0.29) is 5.75 Å². The van der Waals surface area contributed by atoms with Crippen LogP contribution in [0.4, 0.5) is 0 Å². The number of hydrogen-bond acceptors (Lipinski definition) is 3. The van der Waals surface area contributed by atoms with Gasteiger partial charge in [0, 0.05) is 11.8 Å². The lowest BCUT2D eigenvalue weighted by Gasteiger charge is -2.15. The summed E-state index contributed by atoms with van der Waals surface area (Å²) in [5, 5.41) is 3.34. The van der Waals surface area contributed by atoms with Crippen molar-refractivity contribution in [2.75, 3.05) is 18.1 Å². The first kappa shape index (κ1) is 13.9. The molecule has 0 rings (SSSR count). The minimum atomic E-state index is -2.77. The van der Waals surface area contributed by atoms with Crippen molar-refractivity contribution in [1.29, 1.82) is 0 Å². The first-order valence-corrected chi connectivity index (χ1v) is 7.31. The van der Waals surface area contributed by atoms with Gasteiger partial charge in [-0.05, 0) is 25.8 Å². The summed E-state index contributed by atoms with van der Waals surface area (Å²) < 4.78 is 22.4. The molecule has 1 atom stereocenters. The first-order chi connectivity index (χ1) is 6.55. The van der Waals surface area contributed by atoms with E-state index in [0.29, 0.717) is 11.8 Å². The zero-order valence-corrected chi connectivity index (χ0v) is 10.4. The Hall–Kier alpha value is -0.0900. The smallest absolute Gasteiger partial charge is 0.150 e. The van der Waals surface area contributed by atoms with Gasteiger partial charge >= 0.3 is 0 Å². The van der Waals surface area contributed by atoms with Crippen molar-refractivity contribution < 1.29 is 8.42 Å². The predicted octanol–water partition coefficient (Wildman–Crippen LogP) is 1.59. The number of hydrogen-bond donors (Lipinski definition) is 1. The summed E-state index contributed by atoms with van der Waals surface area (Å²) >= 11 is 0. The van der Waals surface area contributed by atoms with Crippen LogP contribution >= 0.6 is 0 Å². The molecule has 0 heterocycles. The number of rotatable bonds is 8. The average Bonchev–Trinajstić information content (AvgIpc) is 2.16. The summed E-state index contributed by atoms with van der Waals surface area (Å²) in [6.07, 6.45) is 2.81. The third-order valence-corrected chi connectivity index (χ3v) is 4.22. The van der Waals surface area contributed by atoms with Crippen LogP contribution in [0.3, 0.4) is 0 Å². The van der Waals surface area contributed by atoms with Gasteiger partial charge in [0.2, 0.25) is 0 Å². The Bertz CT molecular complexity index is 224. The Morgan fingerprint density at radius 3 is 2.29 bits per heavy atom. The van der Waals surface area contributed by atoms with Gasteiger partial charge in [0.05, 0.1) is 5.75 Å². The Labute approximate surface area is 88.2 Å². The second kappa shape index (κ2) is 7.23. The van der Waals surface area contributed by atoms with Crippen molar-refractivity contribution in [3.8, 4) is 0 Å². The molecule has 1 N–H and O–H groups in total. The third kappa shape index (κ3) is 6.38. The average molecular weight is 221 g/mol. The maximum absolute atomic E-state index is 11.2. The van der Waals surface area contributed by atoms with Crippen molar-refractivity contribution in [3.63, 3.8) is 0 Å². The molecule has 0 aliphatic heterocycles. The fourth-order valence-corrected chi connectivity index (χ4v) is 2.33. The lowest BCUT2D eigenvalue weighted by Crippen LogP contribution is -2.28. The second-order valence-electron chi connectivity index (χ2n) is 3.54. The summed E-state index contributed by atoms with van der Waals surface area (Å²) in [6.45, 7) is 6.86. The van der Waals surface area contributed by atoms with E-state index < -0.39 is 9.84 Å². The molecule has 0 radical (unpaired) electrons. The molecule has 0 saturated carbocycles. The van der Waals surface area contributed by atoms with Gasteiger partial charge in [-0.1, -0.05) is 20.8 Å². The lowest BCUT2D eigenvalue weighted by atomic mass is 10.1. The molecule has 1 unspecified atom stereocenters. The van der Waals surface area contributed by atoms with Crippen molar-refractivity contribution in [2.24, 2.45) is 0 Å². The summed E-state index contributed by atoms with van der Waals surface area (Å²) in [5.41, 5.74) is 0. The van der Waals surface area contributed by atoms with Crippen LogP contribution in [0.15, 0.2) is 0 Å². The van der Waals surface area contributed by atoms with E-state index in [4.69, 9.17) is 0 Å². The molecule has 86 valence electrons. The van der Waals surface area contributed by atoms with Crippen molar-refractivity contribution in [1.82, 2.24) is 5.32 Å². The van der Waals surface area contributed by atoms with Crippen molar-refractivity contribution in [2.45, 2.75) is 46.1 Å². The summed E-state index contributed by atoms with van der Waals surface area (Å²) in [6, 6.07) is 0.479. The minimum Gasteiger partial charge on any atom is -0.314 e. The molecular formula is C10H23NO2S. The molecule has 14 heavy (non-hydrogen) atoms. The summed E-state index contributed by atoms with van der Waals surface area (Å²) in [4.78, 5) is 0. The van der Waals surface area contributed by atoms with E-state index in [2.05, 4.69) is 19.2 Å². The van der Waals surface area contributed by atoms with Gasteiger partial charge in [-0.25, -0.2) is 8.42 Å². The second-order valence-corrected chi connectivity index (χ2v) is 6.01. The number of sulfone groups is 1. The highest BCUT2D eigenvalue weighted by atomic mass is 32.2. The molecular weight excluding hydrogens is 198 g/mol. The van der Waals surface area contributed by atoms with E-state index in [1.807, 2.05) is 0 Å². The van der Waals surface area contributed by atoms with Crippen LogP contribution < -0.4 is 5.32 Å². The third-order valence-electron chi connectivity index (χ3n) is 2.43. The SMILES string of the molecule is CCNC(CC)CCCS(=O)(=O)CC. The van der Waals surface area contributed by atoms with Crippen molar-refractivity contribution in [3.05, 3.63) is 0 Å². The Morgan fingerprint density at radius 1 is 1.21 bits per heavy atom. The number of nitrogens with one attached hydrogen (secondary N) is 1. The molecule has 0 amide bonds. The molecule has 0 bridgehead atoms. The highest BCUT2D eigenvalue weighted by Gasteiger charge is 2.09. The van der Waals surface area contributed by atoms with Gasteiger partial charge in [-0.2, -0.15) is 0 Å². The van der Waals surface area contributed by atoms with Gasteiger partial charge in [0.1, 0.15) is 9.84 Å². The molecule has 0 fully saturated rings. The van der Waals surface area contributed by atoms with Crippen LogP contribution in [0, 0.1) is 0 Å². The largest absolute Gasteiger partial charge is 0.314 e. The highest BCUT2D eigenvalue weighted by molar-refractivity contribution is 7.91. The zero-order valence-electron chi connectivity index (χ0n) is 9.54. The van der Waals surface area contributed by atoms with E-state index in [1.54, 1.807) is 6.92 Å². The topological polar surface area (TPSA) is 46.2 Å². The lowest BCUT2D eigenvalue weighted by molar-refractivity contribution is 0.475. The van der Waals surface area contributed by atoms with E-state index in [9.17, 15) is 8.42 Å². The molecule has 0 aromatic heterocycles. The molecule has 4 heteroatoms. The van der Waals surface area contributed by atoms with Gasteiger partial charge < -0.3 is 5.32 Å². The first-order valence-electron chi connectivity index (χ1n) is 5.49. The molecule has 0 aliphatic carbocycles. The summed E-state index contributed by atoms with van der Waals surface area (Å²) in [5.74, 6) is 0.608. The molecule has 0 saturated heterocycles. The Morgan fingerprint density at radius 2 is 1.86 bits per heavy atom. The van der Waals surface area contributed by atoms with Crippen LogP contribution in [0.25, 0.3) is 0 Å². The fourth-order valence-electron chi connectivity index (χ4n) is 1.43. The normalized spacial score (nSPS) is 14.2. The van der Waals surface area contributed by atoms with E-state index in [0.717, 1.165) is 25.8 Å². The summed E-state index contributed by atoms with van der Waals surface area (Å²) in [7, 11) is -2.77. The Balaban J connectivity index is 3.71. The van der Waals surface area contributed by atoms with E-state index in [1.165, 1.54) is 0 Å². The van der Waals surface area contributed by atoms with Crippen LogP contribution in [0.5, 0.6) is 0 Å². The maximum atomic E-state index is 11.2. The highest BCUT2D eigenvalue weighted by Crippen LogP contribution is 2.04. The van der Waals surface area contributed by atoms with Crippen LogP contribution in [-0.2, 0) is 9.84 Å².